The van der Waals surface area contributed by atoms with Gasteiger partial charge < -0.3 is 4.74 Å². The molecule has 0 aromatic heterocycles. The summed E-state index contributed by atoms with van der Waals surface area (Å²) < 4.78 is 19.7. The fourth-order valence-corrected chi connectivity index (χ4v) is 2.36. The zero-order valence-electron chi connectivity index (χ0n) is 10.7. The Morgan fingerprint density at radius 1 is 1.29 bits per heavy atom. The minimum absolute atomic E-state index is 0.0183. The molecular weight excluding hydrogens is 365 g/mol. The lowest BCUT2D eigenvalue weighted by atomic mass is 10.2. The SMILES string of the molecule is O=[N+]([O-])c1cc(Br)ccc1COc1c(F)cccc1CCl. The van der Waals surface area contributed by atoms with Crippen LogP contribution in [0.2, 0.25) is 0 Å². The second-order valence-corrected chi connectivity index (χ2v) is 5.36. The molecule has 0 unspecified atom stereocenters. The van der Waals surface area contributed by atoms with Crippen LogP contribution in [-0.2, 0) is 12.5 Å². The Bertz CT molecular complexity index is 681. The van der Waals surface area contributed by atoms with Crippen LogP contribution in [0.5, 0.6) is 5.75 Å². The first-order valence-corrected chi connectivity index (χ1v) is 7.24. The summed E-state index contributed by atoms with van der Waals surface area (Å²) in [5, 5.41) is 11.0. The summed E-state index contributed by atoms with van der Waals surface area (Å²) in [7, 11) is 0. The molecule has 0 aliphatic carbocycles. The van der Waals surface area contributed by atoms with Gasteiger partial charge in [0.25, 0.3) is 5.69 Å². The molecular formula is C14H10BrClFNO3. The second kappa shape index (κ2) is 6.87. The maximum Gasteiger partial charge on any atom is 0.277 e. The minimum Gasteiger partial charge on any atom is -0.485 e. The Labute approximate surface area is 133 Å². The van der Waals surface area contributed by atoms with Crippen molar-refractivity contribution in [3.63, 3.8) is 0 Å². The van der Waals surface area contributed by atoms with Crippen molar-refractivity contribution in [3.8, 4) is 5.75 Å². The van der Waals surface area contributed by atoms with Crippen LogP contribution in [0.15, 0.2) is 40.9 Å². The van der Waals surface area contributed by atoms with Gasteiger partial charge in [-0.05, 0) is 18.2 Å². The molecule has 0 aliphatic heterocycles. The van der Waals surface area contributed by atoms with Crippen molar-refractivity contribution in [3.05, 3.63) is 67.9 Å². The van der Waals surface area contributed by atoms with Gasteiger partial charge in [0, 0.05) is 16.1 Å². The molecule has 21 heavy (non-hydrogen) atoms. The molecule has 2 aromatic carbocycles. The average molecular weight is 375 g/mol. The van der Waals surface area contributed by atoms with E-state index >= 15 is 0 Å². The first kappa shape index (κ1) is 15.7. The van der Waals surface area contributed by atoms with Crippen LogP contribution in [0.25, 0.3) is 0 Å². The van der Waals surface area contributed by atoms with E-state index in [1.807, 2.05) is 0 Å². The van der Waals surface area contributed by atoms with Gasteiger partial charge >= 0.3 is 0 Å². The molecule has 0 bridgehead atoms. The predicted molar refractivity (Wildman–Crippen MR) is 81.1 cm³/mol. The van der Waals surface area contributed by atoms with E-state index < -0.39 is 10.7 Å². The van der Waals surface area contributed by atoms with Crippen molar-refractivity contribution in [2.75, 3.05) is 0 Å². The van der Waals surface area contributed by atoms with E-state index in [4.69, 9.17) is 16.3 Å². The molecule has 4 nitrogen and oxygen atoms in total. The third-order valence-corrected chi connectivity index (χ3v) is 3.59. The predicted octanol–water partition coefficient (Wildman–Crippen LogP) is 4.81. The van der Waals surface area contributed by atoms with Crippen molar-refractivity contribution in [2.45, 2.75) is 12.5 Å². The van der Waals surface area contributed by atoms with Gasteiger partial charge in [-0.1, -0.05) is 28.1 Å². The number of ether oxygens (including phenoxy) is 1. The van der Waals surface area contributed by atoms with Gasteiger partial charge in [-0.15, -0.1) is 11.6 Å². The molecule has 0 heterocycles. The zero-order chi connectivity index (χ0) is 15.4. The third-order valence-electron chi connectivity index (χ3n) is 2.81. The maximum absolute atomic E-state index is 13.7. The van der Waals surface area contributed by atoms with E-state index in [0.29, 0.717) is 15.6 Å². The van der Waals surface area contributed by atoms with Gasteiger partial charge in [-0.2, -0.15) is 0 Å². The minimum atomic E-state index is -0.548. The lowest BCUT2D eigenvalue weighted by Gasteiger charge is -2.11. The number of nitro benzene ring substituents is 1. The number of alkyl halides is 1. The second-order valence-electron chi connectivity index (χ2n) is 4.18. The molecule has 0 N–H and O–H groups in total. The smallest absolute Gasteiger partial charge is 0.277 e. The topological polar surface area (TPSA) is 52.4 Å². The van der Waals surface area contributed by atoms with Crippen molar-refractivity contribution >= 4 is 33.2 Å². The Hall–Kier alpha value is -1.66. The number of nitrogens with zero attached hydrogens (tertiary/aromatic N) is 1. The van der Waals surface area contributed by atoms with Gasteiger partial charge in [-0.3, -0.25) is 10.1 Å². The fraction of sp³-hybridized carbons (Fsp3) is 0.143. The molecule has 0 amide bonds. The number of para-hydroxylation sites is 1. The summed E-state index contributed by atoms with van der Waals surface area (Å²) in [6.45, 7) is -0.117. The normalized spacial score (nSPS) is 10.4. The number of hydrogen-bond acceptors (Lipinski definition) is 3. The molecule has 2 rings (SSSR count). The van der Waals surface area contributed by atoms with E-state index in [1.54, 1.807) is 18.2 Å². The third kappa shape index (κ3) is 3.71. The van der Waals surface area contributed by atoms with Crippen molar-refractivity contribution in [1.82, 2.24) is 0 Å². The quantitative estimate of drug-likeness (QED) is 0.428. The van der Waals surface area contributed by atoms with Gasteiger partial charge in [-0.25, -0.2) is 4.39 Å². The molecule has 110 valence electrons. The van der Waals surface area contributed by atoms with E-state index in [2.05, 4.69) is 15.9 Å². The lowest BCUT2D eigenvalue weighted by molar-refractivity contribution is -0.385. The number of benzene rings is 2. The van der Waals surface area contributed by atoms with E-state index in [-0.39, 0.29) is 23.9 Å². The highest BCUT2D eigenvalue weighted by atomic mass is 79.9. The number of hydrogen-bond donors (Lipinski definition) is 0. The van der Waals surface area contributed by atoms with Crippen LogP contribution in [0.1, 0.15) is 11.1 Å². The summed E-state index contributed by atoms with van der Waals surface area (Å²) >= 11 is 8.90. The first-order chi connectivity index (χ1) is 10.0. The Balaban J connectivity index is 2.27. The number of nitro groups is 1. The Kier molecular flexibility index (Phi) is 5.14. The average Bonchev–Trinajstić information content (AvgIpc) is 2.46. The van der Waals surface area contributed by atoms with Crippen LogP contribution in [0.4, 0.5) is 10.1 Å². The van der Waals surface area contributed by atoms with Gasteiger partial charge in [0.15, 0.2) is 11.6 Å². The summed E-state index contributed by atoms with van der Waals surface area (Å²) in [5.41, 5.74) is 0.761. The molecule has 0 atom stereocenters. The van der Waals surface area contributed by atoms with Crippen LogP contribution in [0, 0.1) is 15.9 Å². The molecule has 7 heteroatoms. The molecule has 0 saturated carbocycles. The number of halogens is 3. The van der Waals surface area contributed by atoms with Crippen LogP contribution in [-0.4, -0.2) is 4.92 Å². The lowest BCUT2D eigenvalue weighted by Crippen LogP contribution is -2.03. The molecule has 0 aliphatic rings. The molecule has 0 fully saturated rings. The fourth-order valence-electron chi connectivity index (χ4n) is 1.80. The van der Waals surface area contributed by atoms with Gasteiger partial charge in [0.2, 0.25) is 0 Å². The summed E-state index contributed by atoms with van der Waals surface area (Å²) in [5.74, 6) is -0.437. The summed E-state index contributed by atoms with van der Waals surface area (Å²) in [4.78, 5) is 10.5. The van der Waals surface area contributed by atoms with Crippen LogP contribution < -0.4 is 4.74 Å². The summed E-state index contributed by atoms with van der Waals surface area (Å²) in [6.07, 6.45) is 0. The highest BCUT2D eigenvalue weighted by Crippen LogP contribution is 2.28. The van der Waals surface area contributed by atoms with Crippen LogP contribution in [0.3, 0.4) is 0 Å². The van der Waals surface area contributed by atoms with Crippen molar-refractivity contribution in [1.29, 1.82) is 0 Å². The highest BCUT2D eigenvalue weighted by molar-refractivity contribution is 9.10. The molecule has 2 aromatic rings. The van der Waals surface area contributed by atoms with E-state index in [9.17, 15) is 14.5 Å². The molecule has 0 spiro atoms. The van der Waals surface area contributed by atoms with Crippen molar-refractivity contribution in [2.24, 2.45) is 0 Å². The monoisotopic (exact) mass is 373 g/mol. The molecule has 0 radical (unpaired) electrons. The van der Waals surface area contributed by atoms with E-state index in [1.165, 1.54) is 18.2 Å². The number of rotatable bonds is 5. The van der Waals surface area contributed by atoms with Crippen molar-refractivity contribution < 1.29 is 14.1 Å². The van der Waals surface area contributed by atoms with Crippen LogP contribution >= 0.6 is 27.5 Å². The summed E-state index contributed by atoms with van der Waals surface area (Å²) in [6, 6.07) is 9.02. The van der Waals surface area contributed by atoms with Gasteiger partial charge in [0.05, 0.1) is 16.4 Å². The molecule has 0 saturated heterocycles. The zero-order valence-corrected chi connectivity index (χ0v) is 13.0. The Morgan fingerprint density at radius 2 is 2.05 bits per heavy atom. The first-order valence-electron chi connectivity index (χ1n) is 5.92. The maximum atomic E-state index is 13.7. The largest absolute Gasteiger partial charge is 0.485 e. The Morgan fingerprint density at radius 3 is 2.71 bits per heavy atom. The van der Waals surface area contributed by atoms with E-state index in [0.717, 1.165) is 0 Å². The standard InChI is InChI=1S/C14H10BrClFNO3/c15-11-5-4-10(13(6-11)18(19)20)8-21-14-9(7-16)2-1-3-12(14)17/h1-6H,7-8H2. The highest BCUT2D eigenvalue weighted by Gasteiger charge is 2.16. The van der Waals surface area contributed by atoms with Gasteiger partial charge in [0.1, 0.15) is 6.61 Å².